The minimum atomic E-state index is -3.33. The van der Waals surface area contributed by atoms with Crippen LogP contribution in [0.5, 0.6) is 0 Å². The Bertz CT molecular complexity index is 458. The van der Waals surface area contributed by atoms with Crippen LogP contribution in [0.3, 0.4) is 0 Å². The fraction of sp³-hybridized carbons (Fsp3) is 0.500. The van der Waals surface area contributed by atoms with Gasteiger partial charge in [0.25, 0.3) is 0 Å². The van der Waals surface area contributed by atoms with Crippen molar-refractivity contribution in [2.75, 3.05) is 20.1 Å². The highest BCUT2D eigenvalue weighted by Gasteiger charge is 2.28. The van der Waals surface area contributed by atoms with Gasteiger partial charge in [0.2, 0.25) is 10.0 Å². The Morgan fingerprint density at radius 1 is 1.17 bits per heavy atom. The molecule has 1 saturated heterocycles. The van der Waals surface area contributed by atoms with E-state index in [9.17, 15) is 8.42 Å². The summed E-state index contributed by atoms with van der Waals surface area (Å²) in [5.41, 5.74) is 0. The fourth-order valence-corrected chi connectivity index (χ4v) is 3.56. The number of piperidine rings is 1. The van der Waals surface area contributed by atoms with Crippen molar-refractivity contribution in [1.82, 2.24) is 9.62 Å². The van der Waals surface area contributed by atoms with Crippen LogP contribution in [0.2, 0.25) is 0 Å². The third kappa shape index (κ3) is 3.23. The third-order valence-corrected chi connectivity index (χ3v) is 5.17. The van der Waals surface area contributed by atoms with E-state index in [1.54, 1.807) is 31.3 Å². The van der Waals surface area contributed by atoms with Crippen LogP contribution < -0.4 is 5.32 Å². The molecule has 0 atom stereocenters. The van der Waals surface area contributed by atoms with Gasteiger partial charge >= 0.3 is 0 Å². The van der Waals surface area contributed by atoms with Crippen LogP contribution in [0.1, 0.15) is 12.8 Å². The second kappa shape index (κ2) is 6.52. The summed E-state index contributed by atoms with van der Waals surface area (Å²) >= 11 is 0. The van der Waals surface area contributed by atoms with Gasteiger partial charge in [-0.05, 0) is 38.1 Å². The van der Waals surface area contributed by atoms with Gasteiger partial charge in [0, 0.05) is 13.1 Å². The largest absolute Gasteiger partial charge is 0.317 e. The molecule has 0 radical (unpaired) electrons. The molecule has 1 aromatic carbocycles. The van der Waals surface area contributed by atoms with E-state index in [2.05, 4.69) is 5.32 Å². The highest BCUT2D eigenvalue weighted by atomic mass is 35.5. The van der Waals surface area contributed by atoms with Crippen LogP contribution in [0.25, 0.3) is 0 Å². The van der Waals surface area contributed by atoms with Crippen molar-refractivity contribution in [1.29, 1.82) is 0 Å². The summed E-state index contributed by atoms with van der Waals surface area (Å²) in [6, 6.07) is 8.73. The van der Waals surface area contributed by atoms with Gasteiger partial charge in [-0.25, -0.2) is 8.42 Å². The summed E-state index contributed by atoms with van der Waals surface area (Å²) < 4.78 is 26.2. The van der Waals surface area contributed by atoms with E-state index < -0.39 is 10.0 Å². The molecule has 1 N–H and O–H groups in total. The maximum atomic E-state index is 12.3. The molecular weight excluding hydrogens is 272 g/mol. The van der Waals surface area contributed by atoms with E-state index in [1.807, 2.05) is 6.07 Å². The summed E-state index contributed by atoms with van der Waals surface area (Å²) in [4.78, 5) is 0.376. The van der Waals surface area contributed by atoms with E-state index in [1.165, 1.54) is 4.31 Å². The summed E-state index contributed by atoms with van der Waals surface area (Å²) in [6.45, 7) is 1.78. The Morgan fingerprint density at radius 3 is 2.28 bits per heavy atom. The summed E-state index contributed by atoms with van der Waals surface area (Å²) in [5.74, 6) is 0. The van der Waals surface area contributed by atoms with Crippen LogP contribution in [-0.4, -0.2) is 38.9 Å². The molecule has 0 amide bonds. The van der Waals surface area contributed by atoms with E-state index in [0.29, 0.717) is 4.90 Å². The van der Waals surface area contributed by atoms with Crippen molar-refractivity contribution in [2.24, 2.45) is 0 Å². The molecule has 0 aliphatic carbocycles. The third-order valence-electron chi connectivity index (χ3n) is 3.24. The van der Waals surface area contributed by atoms with Gasteiger partial charge in [0.15, 0.2) is 0 Å². The Kier molecular flexibility index (Phi) is 5.59. The molecule has 6 heteroatoms. The SMILES string of the molecule is CN(C1CCNCC1)S(=O)(=O)c1ccccc1.Cl. The second-order valence-corrected chi connectivity index (χ2v) is 6.31. The summed E-state index contributed by atoms with van der Waals surface area (Å²) in [7, 11) is -1.65. The minimum Gasteiger partial charge on any atom is -0.317 e. The maximum absolute atomic E-state index is 12.3. The van der Waals surface area contributed by atoms with Crippen LogP contribution in [0.4, 0.5) is 0 Å². The molecule has 2 rings (SSSR count). The quantitative estimate of drug-likeness (QED) is 0.917. The zero-order valence-corrected chi connectivity index (χ0v) is 12.0. The first-order valence-electron chi connectivity index (χ1n) is 5.86. The molecular formula is C12H19ClN2O2S. The van der Waals surface area contributed by atoms with Gasteiger partial charge in [-0.3, -0.25) is 0 Å². The Morgan fingerprint density at radius 2 is 1.72 bits per heavy atom. The molecule has 0 saturated carbocycles. The number of halogens is 1. The molecule has 18 heavy (non-hydrogen) atoms. The first kappa shape index (κ1) is 15.4. The number of hydrogen-bond donors (Lipinski definition) is 1. The zero-order valence-electron chi connectivity index (χ0n) is 10.4. The highest BCUT2D eigenvalue weighted by Crippen LogP contribution is 2.20. The van der Waals surface area contributed by atoms with Gasteiger partial charge in [-0.15, -0.1) is 12.4 Å². The lowest BCUT2D eigenvalue weighted by Gasteiger charge is -2.30. The van der Waals surface area contributed by atoms with Crippen LogP contribution in [0, 0.1) is 0 Å². The number of sulfonamides is 1. The molecule has 1 aliphatic rings. The monoisotopic (exact) mass is 290 g/mol. The van der Waals surface area contributed by atoms with Gasteiger partial charge in [-0.2, -0.15) is 4.31 Å². The van der Waals surface area contributed by atoms with Gasteiger partial charge in [-0.1, -0.05) is 18.2 Å². The summed E-state index contributed by atoms with van der Waals surface area (Å²) in [5, 5.41) is 3.24. The number of nitrogens with zero attached hydrogens (tertiary/aromatic N) is 1. The fourth-order valence-electron chi connectivity index (χ4n) is 2.13. The Hall–Kier alpha value is -0.620. The lowest BCUT2D eigenvalue weighted by atomic mass is 10.1. The molecule has 1 aliphatic heterocycles. The Balaban J connectivity index is 0.00000162. The van der Waals surface area contributed by atoms with Crippen molar-refractivity contribution in [3.8, 4) is 0 Å². The van der Waals surface area contributed by atoms with Crippen LogP contribution in [0.15, 0.2) is 35.2 Å². The van der Waals surface area contributed by atoms with Crippen LogP contribution >= 0.6 is 12.4 Å². The second-order valence-electron chi connectivity index (χ2n) is 4.32. The predicted molar refractivity (Wildman–Crippen MR) is 74.5 cm³/mol. The first-order valence-corrected chi connectivity index (χ1v) is 7.30. The van der Waals surface area contributed by atoms with Crippen molar-refractivity contribution >= 4 is 22.4 Å². The summed E-state index contributed by atoms with van der Waals surface area (Å²) in [6.07, 6.45) is 1.76. The maximum Gasteiger partial charge on any atom is 0.243 e. The van der Waals surface area contributed by atoms with E-state index in [0.717, 1.165) is 25.9 Å². The number of hydrogen-bond acceptors (Lipinski definition) is 3. The number of nitrogens with one attached hydrogen (secondary N) is 1. The van der Waals surface area contributed by atoms with E-state index in [4.69, 9.17) is 0 Å². The lowest BCUT2D eigenvalue weighted by molar-refractivity contribution is 0.296. The lowest BCUT2D eigenvalue weighted by Crippen LogP contribution is -2.43. The molecule has 1 fully saturated rings. The smallest absolute Gasteiger partial charge is 0.243 e. The van der Waals surface area contributed by atoms with Crippen molar-refractivity contribution in [2.45, 2.75) is 23.8 Å². The van der Waals surface area contributed by atoms with Crippen LogP contribution in [-0.2, 0) is 10.0 Å². The average molecular weight is 291 g/mol. The predicted octanol–water partition coefficient (Wildman–Crippen LogP) is 1.48. The van der Waals surface area contributed by atoms with Crippen molar-refractivity contribution < 1.29 is 8.42 Å². The highest BCUT2D eigenvalue weighted by molar-refractivity contribution is 7.89. The van der Waals surface area contributed by atoms with Crippen molar-refractivity contribution in [3.63, 3.8) is 0 Å². The van der Waals surface area contributed by atoms with E-state index >= 15 is 0 Å². The Labute approximate surface area is 115 Å². The number of rotatable bonds is 3. The molecule has 0 unspecified atom stereocenters. The average Bonchev–Trinajstić information content (AvgIpc) is 2.40. The zero-order chi connectivity index (χ0) is 12.3. The van der Waals surface area contributed by atoms with Gasteiger partial charge < -0.3 is 5.32 Å². The molecule has 0 aromatic heterocycles. The minimum absolute atomic E-state index is 0. The molecule has 0 spiro atoms. The molecule has 1 heterocycles. The number of benzene rings is 1. The molecule has 1 aromatic rings. The first-order chi connectivity index (χ1) is 8.12. The van der Waals surface area contributed by atoms with E-state index in [-0.39, 0.29) is 18.4 Å². The molecule has 0 bridgehead atoms. The van der Waals surface area contributed by atoms with Crippen molar-refractivity contribution in [3.05, 3.63) is 30.3 Å². The molecule has 102 valence electrons. The van der Waals surface area contributed by atoms with Gasteiger partial charge in [0.1, 0.15) is 0 Å². The standard InChI is InChI=1S/C12H18N2O2S.ClH/c1-14(11-7-9-13-10-8-11)17(15,16)12-5-3-2-4-6-12;/h2-6,11,13H,7-10H2,1H3;1H. The topological polar surface area (TPSA) is 49.4 Å². The molecule has 4 nitrogen and oxygen atoms in total. The van der Waals surface area contributed by atoms with Gasteiger partial charge in [0.05, 0.1) is 4.90 Å². The normalized spacial score (nSPS) is 17.4.